The number of carbonyl (C=O) groups excluding carboxylic acids is 1. The van der Waals surface area contributed by atoms with Crippen molar-refractivity contribution in [2.24, 2.45) is 11.1 Å². The highest BCUT2D eigenvalue weighted by molar-refractivity contribution is 5.76. The smallest absolute Gasteiger partial charge is 0.220 e. The molecule has 3 N–H and O–H groups in total. The fourth-order valence-corrected chi connectivity index (χ4v) is 2.03. The summed E-state index contributed by atoms with van der Waals surface area (Å²) < 4.78 is 0. The highest BCUT2D eigenvalue weighted by Crippen LogP contribution is 2.48. The second-order valence-electron chi connectivity index (χ2n) is 6.02. The van der Waals surface area contributed by atoms with Crippen molar-refractivity contribution in [3.8, 4) is 0 Å². The molecule has 94 valence electrons. The van der Waals surface area contributed by atoms with Crippen LogP contribution in [0.5, 0.6) is 0 Å². The second kappa shape index (κ2) is 5.17. The third-order valence-electron chi connectivity index (χ3n) is 3.39. The van der Waals surface area contributed by atoms with Gasteiger partial charge in [0.2, 0.25) is 5.91 Å². The zero-order valence-corrected chi connectivity index (χ0v) is 10.9. The molecule has 1 aliphatic rings. The van der Waals surface area contributed by atoms with Gasteiger partial charge in [0.25, 0.3) is 0 Å². The van der Waals surface area contributed by atoms with Gasteiger partial charge < -0.3 is 11.1 Å². The van der Waals surface area contributed by atoms with Gasteiger partial charge in [0.1, 0.15) is 0 Å². The molecular formula is C13H26N2O. The Labute approximate surface area is 99.2 Å². The Morgan fingerprint density at radius 3 is 2.50 bits per heavy atom. The molecule has 3 nitrogen and oxygen atoms in total. The maximum Gasteiger partial charge on any atom is 0.220 e. The van der Waals surface area contributed by atoms with Gasteiger partial charge in [-0.3, -0.25) is 4.79 Å². The van der Waals surface area contributed by atoms with E-state index in [-0.39, 0.29) is 11.4 Å². The lowest BCUT2D eigenvalue weighted by Gasteiger charge is -2.19. The molecule has 0 aliphatic heterocycles. The van der Waals surface area contributed by atoms with E-state index in [1.165, 1.54) is 25.7 Å². The first-order chi connectivity index (χ1) is 7.37. The van der Waals surface area contributed by atoms with Crippen molar-refractivity contribution in [2.45, 2.75) is 64.8 Å². The zero-order chi connectivity index (χ0) is 12.2. The van der Waals surface area contributed by atoms with Crippen LogP contribution >= 0.6 is 0 Å². The number of carbonyl (C=O) groups is 1. The standard InChI is InChI=1S/C13H26N2O/c1-4-6-13(8-9-13)10-15-11(16)5-7-12(2,3)14/h4-10,14H2,1-3H3,(H,15,16). The molecule has 0 heterocycles. The summed E-state index contributed by atoms with van der Waals surface area (Å²) in [5.74, 6) is 0.154. The minimum Gasteiger partial charge on any atom is -0.356 e. The van der Waals surface area contributed by atoms with Crippen LogP contribution in [0.2, 0.25) is 0 Å². The quantitative estimate of drug-likeness (QED) is 0.699. The highest BCUT2D eigenvalue weighted by atomic mass is 16.1. The lowest BCUT2D eigenvalue weighted by Crippen LogP contribution is -2.35. The van der Waals surface area contributed by atoms with Crippen molar-refractivity contribution in [1.82, 2.24) is 5.32 Å². The predicted molar refractivity (Wildman–Crippen MR) is 67.1 cm³/mol. The Hall–Kier alpha value is -0.570. The van der Waals surface area contributed by atoms with Crippen molar-refractivity contribution >= 4 is 5.91 Å². The van der Waals surface area contributed by atoms with Crippen LogP contribution in [-0.4, -0.2) is 18.0 Å². The lowest BCUT2D eigenvalue weighted by atomic mass is 9.99. The molecule has 0 saturated heterocycles. The summed E-state index contributed by atoms with van der Waals surface area (Å²) in [7, 11) is 0. The molecule has 3 heteroatoms. The van der Waals surface area contributed by atoms with E-state index in [1.54, 1.807) is 0 Å². The lowest BCUT2D eigenvalue weighted by molar-refractivity contribution is -0.121. The summed E-state index contributed by atoms with van der Waals surface area (Å²) in [4.78, 5) is 11.6. The highest BCUT2D eigenvalue weighted by Gasteiger charge is 2.41. The van der Waals surface area contributed by atoms with Crippen LogP contribution in [0, 0.1) is 5.41 Å². The molecule has 0 unspecified atom stereocenters. The summed E-state index contributed by atoms with van der Waals surface area (Å²) >= 11 is 0. The topological polar surface area (TPSA) is 55.1 Å². The molecule has 0 atom stereocenters. The molecule has 1 amide bonds. The van der Waals surface area contributed by atoms with Gasteiger partial charge in [-0.25, -0.2) is 0 Å². The first-order valence-electron chi connectivity index (χ1n) is 6.42. The average molecular weight is 226 g/mol. The Morgan fingerprint density at radius 2 is 2.06 bits per heavy atom. The molecule has 1 fully saturated rings. The number of hydrogen-bond donors (Lipinski definition) is 2. The SMILES string of the molecule is CCCC1(CNC(=O)CCC(C)(C)N)CC1. The Bertz CT molecular complexity index is 239. The van der Waals surface area contributed by atoms with Gasteiger partial charge in [-0.05, 0) is 44.9 Å². The van der Waals surface area contributed by atoms with Gasteiger partial charge in [0.15, 0.2) is 0 Å². The van der Waals surface area contributed by atoms with E-state index < -0.39 is 0 Å². The number of rotatable bonds is 7. The molecule has 0 bridgehead atoms. The largest absolute Gasteiger partial charge is 0.356 e. The van der Waals surface area contributed by atoms with E-state index in [0.29, 0.717) is 11.8 Å². The van der Waals surface area contributed by atoms with Crippen LogP contribution in [0.15, 0.2) is 0 Å². The summed E-state index contributed by atoms with van der Waals surface area (Å²) in [6.07, 6.45) is 6.32. The molecule has 0 aromatic heterocycles. The van der Waals surface area contributed by atoms with Gasteiger partial charge in [-0.1, -0.05) is 13.3 Å². The molecule has 1 saturated carbocycles. The van der Waals surface area contributed by atoms with Crippen molar-refractivity contribution < 1.29 is 4.79 Å². The maximum atomic E-state index is 11.6. The number of nitrogens with one attached hydrogen (secondary N) is 1. The van der Waals surface area contributed by atoms with Crippen LogP contribution in [-0.2, 0) is 4.79 Å². The zero-order valence-electron chi connectivity index (χ0n) is 10.9. The first-order valence-corrected chi connectivity index (χ1v) is 6.42. The predicted octanol–water partition coefficient (Wildman–Crippen LogP) is 2.20. The number of nitrogens with two attached hydrogens (primary N) is 1. The Balaban J connectivity index is 2.16. The fourth-order valence-electron chi connectivity index (χ4n) is 2.03. The fraction of sp³-hybridized carbons (Fsp3) is 0.923. The minimum atomic E-state index is -0.238. The van der Waals surface area contributed by atoms with Crippen molar-refractivity contribution in [1.29, 1.82) is 0 Å². The monoisotopic (exact) mass is 226 g/mol. The van der Waals surface area contributed by atoms with Crippen LogP contribution in [0.25, 0.3) is 0 Å². The summed E-state index contributed by atoms with van der Waals surface area (Å²) in [6, 6.07) is 0. The average Bonchev–Trinajstić information content (AvgIpc) is 2.92. The van der Waals surface area contributed by atoms with E-state index in [1.807, 2.05) is 13.8 Å². The van der Waals surface area contributed by atoms with Gasteiger partial charge in [-0.15, -0.1) is 0 Å². The van der Waals surface area contributed by atoms with E-state index >= 15 is 0 Å². The van der Waals surface area contributed by atoms with Gasteiger partial charge in [-0.2, -0.15) is 0 Å². The number of hydrogen-bond acceptors (Lipinski definition) is 2. The van der Waals surface area contributed by atoms with Crippen molar-refractivity contribution in [3.05, 3.63) is 0 Å². The van der Waals surface area contributed by atoms with E-state index in [4.69, 9.17) is 5.73 Å². The van der Waals surface area contributed by atoms with Crippen LogP contribution in [0.1, 0.15) is 59.3 Å². The molecule has 1 aliphatic carbocycles. The molecule has 0 aromatic rings. The van der Waals surface area contributed by atoms with Crippen LogP contribution in [0.4, 0.5) is 0 Å². The van der Waals surface area contributed by atoms with E-state index in [2.05, 4.69) is 12.2 Å². The van der Waals surface area contributed by atoms with Crippen LogP contribution in [0.3, 0.4) is 0 Å². The molecule has 0 radical (unpaired) electrons. The first kappa shape index (κ1) is 13.5. The third kappa shape index (κ3) is 4.97. The third-order valence-corrected chi connectivity index (χ3v) is 3.39. The summed E-state index contributed by atoms with van der Waals surface area (Å²) in [5.41, 5.74) is 6.05. The van der Waals surface area contributed by atoms with Gasteiger partial charge >= 0.3 is 0 Å². The Kier molecular flexibility index (Phi) is 4.36. The normalized spacial score (nSPS) is 18.2. The second-order valence-corrected chi connectivity index (χ2v) is 6.02. The van der Waals surface area contributed by atoms with Gasteiger partial charge in [0, 0.05) is 18.5 Å². The molecule has 1 rings (SSSR count). The maximum absolute atomic E-state index is 11.6. The van der Waals surface area contributed by atoms with E-state index in [9.17, 15) is 4.79 Å². The van der Waals surface area contributed by atoms with Crippen molar-refractivity contribution in [3.63, 3.8) is 0 Å². The van der Waals surface area contributed by atoms with E-state index in [0.717, 1.165) is 13.0 Å². The summed E-state index contributed by atoms with van der Waals surface area (Å²) in [5, 5.41) is 3.05. The molecule has 16 heavy (non-hydrogen) atoms. The van der Waals surface area contributed by atoms with Crippen LogP contribution < -0.4 is 11.1 Å². The van der Waals surface area contributed by atoms with Gasteiger partial charge in [0.05, 0.1) is 0 Å². The molecular weight excluding hydrogens is 200 g/mol. The summed E-state index contributed by atoms with van der Waals surface area (Å²) in [6.45, 7) is 6.99. The molecule has 0 spiro atoms. The minimum absolute atomic E-state index is 0.154. The molecule has 0 aromatic carbocycles. The number of amides is 1. The van der Waals surface area contributed by atoms with Crippen molar-refractivity contribution in [2.75, 3.05) is 6.54 Å². The Morgan fingerprint density at radius 1 is 1.44 bits per heavy atom.